The van der Waals surface area contributed by atoms with Gasteiger partial charge in [0.25, 0.3) is 11.6 Å². The second-order valence-electron chi connectivity index (χ2n) is 5.67. The summed E-state index contributed by atoms with van der Waals surface area (Å²) in [4.78, 5) is 24.7. The number of likely N-dealkylation sites (tertiary alicyclic amines) is 1. The van der Waals surface area contributed by atoms with Gasteiger partial charge in [0.2, 0.25) is 0 Å². The summed E-state index contributed by atoms with van der Waals surface area (Å²) in [7, 11) is 0. The van der Waals surface area contributed by atoms with Crippen LogP contribution >= 0.6 is 12.4 Å². The van der Waals surface area contributed by atoms with Crippen molar-refractivity contribution in [2.45, 2.75) is 31.3 Å². The van der Waals surface area contributed by atoms with Gasteiger partial charge in [-0.15, -0.1) is 12.4 Å². The minimum atomic E-state index is -0.557. The Balaban J connectivity index is 0.00000176. The van der Waals surface area contributed by atoms with Gasteiger partial charge in [-0.25, -0.2) is 0 Å². The number of anilines is 1. The minimum absolute atomic E-state index is 0. The molecule has 0 saturated carbocycles. The van der Waals surface area contributed by atoms with Gasteiger partial charge in [0.05, 0.1) is 10.5 Å². The van der Waals surface area contributed by atoms with Crippen LogP contribution < -0.4 is 11.1 Å². The molecule has 0 aromatic heterocycles. The monoisotopic (exact) mass is 326 g/mol. The Morgan fingerprint density at radius 2 is 2.05 bits per heavy atom. The lowest BCUT2D eigenvalue weighted by molar-refractivity contribution is -0.383. The van der Waals surface area contributed by atoms with Crippen LogP contribution in [0.5, 0.6) is 0 Å². The highest BCUT2D eigenvalue weighted by Gasteiger charge is 2.32. The first-order chi connectivity index (χ1) is 10.1. The van der Waals surface area contributed by atoms with Crippen molar-refractivity contribution in [2.24, 2.45) is 0 Å². The maximum Gasteiger partial charge on any atom is 0.292 e. The highest BCUT2D eigenvalue weighted by Crippen LogP contribution is 2.27. The number of nitro groups is 1. The van der Waals surface area contributed by atoms with E-state index in [1.165, 1.54) is 12.1 Å². The zero-order valence-electron chi connectivity index (χ0n) is 12.0. The number of nitrogens with zero attached hydrogens (tertiary/aromatic N) is 2. The van der Waals surface area contributed by atoms with Gasteiger partial charge in [0, 0.05) is 31.2 Å². The Labute approximate surface area is 134 Å². The number of benzene rings is 1. The van der Waals surface area contributed by atoms with Gasteiger partial charge >= 0.3 is 0 Å². The van der Waals surface area contributed by atoms with E-state index in [2.05, 4.69) is 5.32 Å². The lowest BCUT2D eigenvalue weighted by atomic mass is 10.1. The molecule has 2 heterocycles. The number of hydrogen-bond donors (Lipinski definition) is 2. The zero-order chi connectivity index (χ0) is 15.0. The van der Waals surface area contributed by atoms with E-state index >= 15 is 0 Å². The van der Waals surface area contributed by atoms with Crippen molar-refractivity contribution in [3.8, 4) is 0 Å². The minimum Gasteiger partial charge on any atom is -0.393 e. The van der Waals surface area contributed by atoms with Crippen molar-refractivity contribution in [3.05, 3.63) is 33.9 Å². The van der Waals surface area contributed by atoms with Crippen molar-refractivity contribution in [1.29, 1.82) is 0 Å². The molecule has 2 bridgehead atoms. The largest absolute Gasteiger partial charge is 0.393 e. The summed E-state index contributed by atoms with van der Waals surface area (Å²) in [5.41, 5.74) is 5.77. The van der Waals surface area contributed by atoms with E-state index < -0.39 is 4.92 Å². The number of fused-ring (bicyclic) bond motifs is 2. The number of hydrogen-bond acceptors (Lipinski definition) is 5. The fourth-order valence-electron chi connectivity index (χ4n) is 3.20. The fourth-order valence-corrected chi connectivity index (χ4v) is 3.20. The van der Waals surface area contributed by atoms with E-state index in [4.69, 9.17) is 5.73 Å². The van der Waals surface area contributed by atoms with E-state index in [1.54, 1.807) is 11.0 Å². The molecule has 0 radical (unpaired) electrons. The number of para-hydroxylation sites is 1. The van der Waals surface area contributed by atoms with E-state index in [9.17, 15) is 14.9 Å². The van der Waals surface area contributed by atoms with Crippen molar-refractivity contribution in [1.82, 2.24) is 10.2 Å². The molecule has 1 amide bonds. The number of carbonyl (C=O) groups is 1. The molecule has 120 valence electrons. The summed E-state index contributed by atoms with van der Waals surface area (Å²) in [6.07, 6.45) is 3.14. The number of nitro benzene ring substituents is 1. The number of amides is 1. The average molecular weight is 327 g/mol. The standard InChI is InChI=1S/C14H18N4O3.ClH/c15-13-11(2-1-3-12(13)18(20)21)14(19)17-7-6-9-4-5-10(8-17)16-9;/h1-3,9-10,16H,4-8,15H2;1H. The molecule has 22 heavy (non-hydrogen) atoms. The zero-order valence-corrected chi connectivity index (χ0v) is 12.8. The SMILES string of the molecule is Cl.Nc1c(C(=O)N2CCC3CCC(C2)N3)cccc1[N+](=O)[O-]. The van der Waals surface area contributed by atoms with Gasteiger partial charge in [-0.3, -0.25) is 14.9 Å². The molecule has 3 N–H and O–H groups in total. The summed E-state index contributed by atoms with van der Waals surface area (Å²) in [6, 6.07) is 5.18. The van der Waals surface area contributed by atoms with Gasteiger partial charge in [0.15, 0.2) is 0 Å². The molecule has 2 aliphatic heterocycles. The molecular weight excluding hydrogens is 308 g/mol. The molecule has 1 aromatic rings. The normalized spacial score (nSPS) is 23.5. The predicted molar refractivity (Wildman–Crippen MR) is 85.2 cm³/mol. The first-order valence-electron chi connectivity index (χ1n) is 7.14. The van der Waals surface area contributed by atoms with Crippen LogP contribution in [0.25, 0.3) is 0 Å². The predicted octanol–water partition coefficient (Wildman–Crippen LogP) is 1.57. The number of nitrogen functional groups attached to an aromatic ring is 1. The third-order valence-electron chi connectivity index (χ3n) is 4.32. The van der Waals surface area contributed by atoms with Crippen molar-refractivity contribution < 1.29 is 9.72 Å². The lowest BCUT2D eigenvalue weighted by Crippen LogP contribution is -2.39. The molecule has 7 nitrogen and oxygen atoms in total. The quantitative estimate of drug-likeness (QED) is 0.488. The molecule has 2 aliphatic rings. The van der Waals surface area contributed by atoms with Crippen LogP contribution in [-0.2, 0) is 0 Å². The van der Waals surface area contributed by atoms with Crippen LogP contribution in [-0.4, -0.2) is 40.9 Å². The summed E-state index contributed by atoms with van der Waals surface area (Å²) in [6.45, 7) is 1.30. The van der Waals surface area contributed by atoms with Crippen molar-refractivity contribution >= 4 is 29.7 Å². The van der Waals surface area contributed by atoms with Crippen LogP contribution in [0.15, 0.2) is 18.2 Å². The summed E-state index contributed by atoms with van der Waals surface area (Å²) >= 11 is 0. The van der Waals surface area contributed by atoms with Gasteiger partial charge in [0.1, 0.15) is 5.69 Å². The number of carbonyl (C=O) groups excluding carboxylic acids is 1. The molecule has 0 aliphatic carbocycles. The molecule has 3 rings (SSSR count). The maximum atomic E-state index is 12.6. The molecule has 2 saturated heterocycles. The molecule has 2 fully saturated rings. The number of rotatable bonds is 2. The summed E-state index contributed by atoms with van der Waals surface area (Å²) < 4.78 is 0. The second kappa shape index (κ2) is 6.50. The van der Waals surface area contributed by atoms with E-state index in [0.717, 1.165) is 19.3 Å². The molecule has 2 atom stereocenters. The molecule has 8 heteroatoms. The Morgan fingerprint density at radius 3 is 2.77 bits per heavy atom. The first kappa shape index (κ1) is 16.5. The maximum absolute atomic E-state index is 12.6. The first-order valence-corrected chi connectivity index (χ1v) is 7.14. The molecule has 1 aromatic carbocycles. The molecular formula is C14H19ClN4O3. The molecule has 2 unspecified atom stereocenters. The third-order valence-corrected chi connectivity index (χ3v) is 4.32. The Hall–Kier alpha value is -1.86. The molecule has 0 spiro atoms. The Kier molecular flexibility index (Phi) is 4.87. The summed E-state index contributed by atoms with van der Waals surface area (Å²) in [5, 5.41) is 14.4. The Bertz CT molecular complexity index is 595. The van der Waals surface area contributed by atoms with Gasteiger partial charge < -0.3 is 16.0 Å². The second-order valence-corrected chi connectivity index (χ2v) is 5.67. The van der Waals surface area contributed by atoms with Crippen LogP contribution in [0.2, 0.25) is 0 Å². The smallest absolute Gasteiger partial charge is 0.292 e. The average Bonchev–Trinajstić information content (AvgIpc) is 2.77. The third kappa shape index (κ3) is 3.00. The van der Waals surface area contributed by atoms with Crippen LogP contribution in [0, 0.1) is 10.1 Å². The number of nitrogens with two attached hydrogens (primary N) is 1. The van der Waals surface area contributed by atoms with Gasteiger partial charge in [-0.2, -0.15) is 0 Å². The van der Waals surface area contributed by atoms with Crippen LogP contribution in [0.4, 0.5) is 11.4 Å². The van der Waals surface area contributed by atoms with E-state index in [-0.39, 0.29) is 35.3 Å². The fraction of sp³-hybridized carbons (Fsp3) is 0.500. The highest BCUT2D eigenvalue weighted by molar-refractivity contribution is 6.01. The van der Waals surface area contributed by atoms with Crippen LogP contribution in [0.3, 0.4) is 0 Å². The number of nitrogens with one attached hydrogen (secondary N) is 1. The van der Waals surface area contributed by atoms with E-state index in [1.807, 2.05) is 0 Å². The van der Waals surface area contributed by atoms with Crippen molar-refractivity contribution in [3.63, 3.8) is 0 Å². The van der Waals surface area contributed by atoms with Gasteiger partial charge in [-0.1, -0.05) is 6.07 Å². The topological polar surface area (TPSA) is 102 Å². The summed E-state index contributed by atoms with van der Waals surface area (Å²) in [5.74, 6) is -0.217. The van der Waals surface area contributed by atoms with Gasteiger partial charge in [-0.05, 0) is 25.3 Å². The van der Waals surface area contributed by atoms with Crippen molar-refractivity contribution in [2.75, 3.05) is 18.8 Å². The van der Waals surface area contributed by atoms with E-state index in [0.29, 0.717) is 25.2 Å². The Morgan fingerprint density at radius 1 is 1.32 bits per heavy atom. The number of halogens is 1. The van der Waals surface area contributed by atoms with Crippen LogP contribution in [0.1, 0.15) is 29.6 Å². The highest BCUT2D eigenvalue weighted by atomic mass is 35.5. The lowest BCUT2D eigenvalue weighted by Gasteiger charge is -2.24.